The van der Waals surface area contributed by atoms with Gasteiger partial charge >= 0.3 is 0 Å². The average molecular weight is 258 g/mol. The fourth-order valence-electron chi connectivity index (χ4n) is 1.94. The molecule has 0 spiro atoms. The third-order valence-corrected chi connectivity index (χ3v) is 2.89. The first-order valence-electron chi connectivity index (χ1n) is 5.90. The van der Waals surface area contributed by atoms with E-state index in [1.165, 1.54) is 0 Å². The molecule has 1 atom stereocenters. The highest BCUT2D eigenvalue weighted by atomic mass is 16.4. The highest BCUT2D eigenvalue weighted by Crippen LogP contribution is 2.23. The summed E-state index contributed by atoms with van der Waals surface area (Å²) < 4.78 is 7.44. The van der Waals surface area contributed by atoms with E-state index < -0.39 is 0 Å². The SMILES string of the molecule is CC(Nc1nc2ccc(N)cc2o1)c1nncn1C. The number of nitrogens with zero attached hydrogens (tertiary/aromatic N) is 4. The van der Waals surface area contributed by atoms with Crippen LogP contribution in [0.5, 0.6) is 0 Å². The van der Waals surface area contributed by atoms with E-state index in [0.29, 0.717) is 17.3 Å². The van der Waals surface area contributed by atoms with E-state index in [9.17, 15) is 0 Å². The van der Waals surface area contributed by atoms with Crippen LogP contribution in [0.1, 0.15) is 18.8 Å². The molecule has 0 amide bonds. The Morgan fingerprint density at radius 2 is 2.26 bits per heavy atom. The molecule has 98 valence electrons. The summed E-state index contributed by atoms with van der Waals surface area (Å²) in [6.07, 6.45) is 1.65. The second-order valence-corrected chi connectivity index (χ2v) is 4.41. The maximum atomic E-state index is 5.70. The first kappa shape index (κ1) is 11.5. The molecule has 0 aliphatic heterocycles. The van der Waals surface area contributed by atoms with Gasteiger partial charge in [-0.15, -0.1) is 10.2 Å². The minimum absolute atomic E-state index is 0.0575. The van der Waals surface area contributed by atoms with Crippen LogP contribution in [0.4, 0.5) is 11.7 Å². The Morgan fingerprint density at radius 1 is 1.42 bits per heavy atom. The van der Waals surface area contributed by atoms with E-state index in [-0.39, 0.29) is 6.04 Å². The smallest absolute Gasteiger partial charge is 0.296 e. The van der Waals surface area contributed by atoms with Crippen LogP contribution in [0, 0.1) is 0 Å². The van der Waals surface area contributed by atoms with Crippen molar-refractivity contribution in [3.8, 4) is 0 Å². The molecule has 1 unspecified atom stereocenters. The molecular formula is C12H14N6O. The zero-order chi connectivity index (χ0) is 13.4. The standard InChI is InChI=1S/C12H14N6O/c1-7(11-17-14-6-18(11)2)15-12-16-9-4-3-8(13)5-10(9)19-12/h3-7H,13H2,1-2H3,(H,15,16). The van der Waals surface area contributed by atoms with Gasteiger partial charge in [0.25, 0.3) is 6.01 Å². The first-order valence-corrected chi connectivity index (χ1v) is 5.90. The van der Waals surface area contributed by atoms with Crippen LogP contribution in [-0.4, -0.2) is 19.7 Å². The summed E-state index contributed by atoms with van der Waals surface area (Å²) in [7, 11) is 1.89. The molecule has 3 N–H and O–H groups in total. The molecule has 0 radical (unpaired) electrons. The van der Waals surface area contributed by atoms with Crippen molar-refractivity contribution in [1.82, 2.24) is 19.7 Å². The van der Waals surface area contributed by atoms with Crippen LogP contribution < -0.4 is 11.1 Å². The summed E-state index contributed by atoms with van der Waals surface area (Å²) in [5.74, 6) is 0.807. The third-order valence-electron chi connectivity index (χ3n) is 2.89. The normalized spacial score (nSPS) is 12.7. The molecule has 2 aromatic heterocycles. The summed E-state index contributed by atoms with van der Waals surface area (Å²) in [4.78, 5) is 4.34. The monoisotopic (exact) mass is 258 g/mol. The Labute approximate surface area is 109 Å². The Balaban J connectivity index is 1.87. The van der Waals surface area contributed by atoms with Gasteiger partial charge in [0.1, 0.15) is 11.8 Å². The zero-order valence-electron chi connectivity index (χ0n) is 10.7. The fraction of sp³-hybridized carbons (Fsp3) is 0.250. The van der Waals surface area contributed by atoms with Gasteiger partial charge < -0.3 is 20.0 Å². The van der Waals surface area contributed by atoms with Gasteiger partial charge in [-0.25, -0.2) is 0 Å². The molecule has 0 aliphatic rings. The summed E-state index contributed by atoms with van der Waals surface area (Å²) in [6.45, 7) is 1.97. The summed E-state index contributed by atoms with van der Waals surface area (Å²) >= 11 is 0. The molecule has 0 fully saturated rings. The number of rotatable bonds is 3. The molecule has 3 aromatic rings. The Morgan fingerprint density at radius 3 is 3.00 bits per heavy atom. The van der Waals surface area contributed by atoms with Gasteiger partial charge in [0.05, 0.1) is 6.04 Å². The van der Waals surface area contributed by atoms with E-state index >= 15 is 0 Å². The second-order valence-electron chi connectivity index (χ2n) is 4.41. The average Bonchev–Trinajstić information content (AvgIpc) is 2.94. The maximum absolute atomic E-state index is 5.70. The van der Waals surface area contributed by atoms with Crippen molar-refractivity contribution in [2.45, 2.75) is 13.0 Å². The number of oxazole rings is 1. The van der Waals surface area contributed by atoms with Crippen molar-refractivity contribution in [3.05, 3.63) is 30.4 Å². The van der Waals surface area contributed by atoms with E-state index in [4.69, 9.17) is 10.2 Å². The van der Waals surface area contributed by atoms with E-state index in [1.807, 2.05) is 24.6 Å². The van der Waals surface area contributed by atoms with Crippen molar-refractivity contribution in [3.63, 3.8) is 0 Å². The molecule has 0 aliphatic carbocycles. The van der Waals surface area contributed by atoms with Gasteiger partial charge in [-0.2, -0.15) is 4.98 Å². The molecule has 7 nitrogen and oxygen atoms in total. The summed E-state index contributed by atoms with van der Waals surface area (Å²) in [5, 5.41) is 11.0. The number of anilines is 2. The minimum Gasteiger partial charge on any atom is -0.423 e. The van der Waals surface area contributed by atoms with Crippen molar-refractivity contribution >= 4 is 22.8 Å². The van der Waals surface area contributed by atoms with Gasteiger partial charge in [-0.05, 0) is 19.1 Å². The van der Waals surface area contributed by atoms with Crippen molar-refractivity contribution in [2.75, 3.05) is 11.1 Å². The number of hydrogen-bond donors (Lipinski definition) is 2. The quantitative estimate of drug-likeness (QED) is 0.694. The topological polar surface area (TPSA) is 94.8 Å². The molecule has 3 rings (SSSR count). The van der Waals surface area contributed by atoms with Crippen LogP contribution in [0.2, 0.25) is 0 Å². The third kappa shape index (κ3) is 2.10. The molecule has 7 heteroatoms. The van der Waals surface area contributed by atoms with Crippen molar-refractivity contribution in [2.24, 2.45) is 7.05 Å². The molecule has 2 heterocycles. The number of aryl methyl sites for hydroxylation is 1. The Hall–Kier alpha value is -2.57. The molecule has 0 saturated heterocycles. The number of aromatic nitrogens is 4. The Kier molecular flexibility index (Phi) is 2.59. The highest BCUT2D eigenvalue weighted by molar-refractivity contribution is 5.78. The van der Waals surface area contributed by atoms with Gasteiger partial charge in [0.15, 0.2) is 11.4 Å². The van der Waals surface area contributed by atoms with Gasteiger partial charge in [-0.3, -0.25) is 0 Å². The lowest BCUT2D eigenvalue weighted by Gasteiger charge is -2.10. The lowest BCUT2D eigenvalue weighted by Crippen LogP contribution is -2.11. The largest absolute Gasteiger partial charge is 0.423 e. The minimum atomic E-state index is -0.0575. The van der Waals surface area contributed by atoms with E-state index in [1.54, 1.807) is 18.5 Å². The molecular weight excluding hydrogens is 244 g/mol. The summed E-state index contributed by atoms with van der Waals surface area (Å²) in [6, 6.07) is 5.75. The fourth-order valence-corrected chi connectivity index (χ4v) is 1.94. The number of benzene rings is 1. The van der Waals surface area contributed by atoms with Crippen molar-refractivity contribution < 1.29 is 4.42 Å². The van der Waals surface area contributed by atoms with E-state index in [0.717, 1.165) is 11.3 Å². The van der Waals surface area contributed by atoms with Crippen LogP contribution in [0.3, 0.4) is 0 Å². The number of nitrogen functional groups attached to an aromatic ring is 1. The molecule has 1 aromatic carbocycles. The van der Waals surface area contributed by atoms with Crippen LogP contribution in [-0.2, 0) is 7.05 Å². The molecule has 0 saturated carbocycles. The summed E-state index contributed by atoms with van der Waals surface area (Å²) in [5.41, 5.74) is 7.78. The van der Waals surface area contributed by atoms with Gasteiger partial charge in [0.2, 0.25) is 0 Å². The lowest BCUT2D eigenvalue weighted by molar-refractivity contribution is 0.594. The number of hydrogen-bond acceptors (Lipinski definition) is 6. The highest BCUT2D eigenvalue weighted by Gasteiger charge is 2.14. The predicted octanol–water partition coefficient (Wildman–Crippen LogP) is 1.71. The van der Waals surface area contributed by atoms with Crippen LogP contribution in [0.25, 0.3) is 11.1 Å². The van der Waals surface area contributed by atoms with E-state index in [2.05, 4.69) is 20.5 Å². The van der Waals surface area contributed by atoms with Crippen molar-refractivity contribution in [1.29, 1.82) is 0 Å². The number of nitrogens with two attached hydrogens (primary N) is 1. The first-order chi connectivity index (χ1) is 9.13. The zero-order valence-corrected chi connectivity index (χ0v) is 10.7. The Bertz CT molecular complexity index is 716. The number of fused-ring (bicyclic) bond motifs is 1. The van der Waals surface area contributed by atoms with Gasteiger partial charge in [0, 0.05) is 18.8 Å². The molecule has 19 heavy (non-hydrogen) atoms. The molecule has 0 bridgehead atoms. The van der Waals surface area contributed by atoms with Gasteiger partial charge in [-0.1, -0.05) is 0 Å². The van der Waals surface area contributed by atoms with Crippen LogP contribution in [0.15, 0.2) is 28.9 Å². The lowest BCUT2D eigenvalue weighted by atomic mass is 10.3. The van der Waals surface area contributed by atoms with Crippen LogP contribution >= 0.6 is 0 Å². The number of nitrogens with one attached hydrogen (secondary N) is 1. The maximum Gasteiger partial charge on any atom is 0.296 e. The predicted molar refractivity (Wildman–Crippen MR) is 71.5 cm³/mol. The second kappa shape index (κ2) is 4.27.